The molecule has 1 aliphatic rings. The van der Waals surface area contributed by atoms with Crippen LogP contribution < -0.4 is 14.8 Å². The molecule has 0 amide bonds. The summed E-state index contributed by atoms with van der Waals surface area (Å²) in [5.74, 6) is -0.881. The molecule has 1 atom stereocenters. The molecular formula is C32H31Cl2F2NO6. The van der Waals surface area contributed by atoms with E-state index in [-0.39, 0.29) is 46.6 Å². The van der Waals surface area contributed by atoms with Crippen LogP contribution in [0.25, 0.3) is 0 Å². The van der Waals surface area contributed by atoms with Crippen LogP contribution in [-0.2, 0) is 11.3 Å². The Labute approximate surface area is 258 Å². The first-order valence-corrected chi connectivity index (χ1v) is 14.2. The fraction of sp³-hybridized carbons (Fsp3) is 0.281. The maximum atomic E-state index is 13.5. The monoisotopic (exact) mass is 633 g/mol. The maximum absolute atomic E-state index is 13.5. The number of phenols is 2. The van der Waals surface area contributed by atoms with E-state index in [0.717, 1.165) is 12.8 Å². The summed E-state index contributed by atoms with van der Waals surface area (Å²) in [5.41, 5.74) is 1.53. The first-order valence-electron chi connectivity index (χ1n) is 13.5. The van der Waals surface area contributed by atoms with Crippen LogP contribution in [0.15, 0.2) is 82.9 Å². The highest BCUT2D eigenvalue weighted by molar-refractivity contribution is 6.35. The van der Waals surface area contributed by atoms with Gasteiger partial charge in [0.2, 0.25) is 0 Å². The zero-order chi connectivity index (χ0) is 31.1. The Bertz CT molecular complexity index is 1500. The molecule has 0 aliphatic heterocycles. The summed E-state index contributed by atoms with van der Waals surface area (Å²) in [6, 6.07) is 15.5. The molecule has 11 heteroatoms. The molecule has 1 aliphatic carbocycles. The van der Waals surface area contributed by atoms with Gasteiger partial charge >= 0.3 is 12.6 Å². The normalized spacial score (nSPS) is 14.1. The minimum Gasteiger partial charge on any atom is -0.507 e. The van der Waals surface area contributed by atoms with Crippen molar-refractivity contribution in [1.82, 2.24) is 0 Å². The Balaban J connectivity index is 1.63. The van der Waals surface area contributed by atoms with E-state index in [0.29, 0.717) is 39.9 Å². The fourth-order valence-electron chi connectivity index (χ4n) is 4.28. The molecule has 0 spiro atoms. The molecule has 0 bridgehead atoms. The van der Waals surface area contributed by atoms with E-state index in [2.05, 4.69) is 16.6 Å². The number of hydrogen-bond acceptors (Lipinski definition) is 7. The molecule has 43 heavy (non-hydrogen) atoms. The molecule has 1 fully saturated rings. The summed E-state index contributed by atoms with van der Waals surface area (Å²) in [6.45, 7) is 2.73. The Kier molecular flexibility index (Phi) is 10.8. The van der Waals surface area contributed by atoms with Crippen molar-refractivity contribution in [1.29, 1.82) is 0 Å². The number of halogens is 4. The number of rotatable bonds is 14. The van der Waals surface area contributed by atoms with Gasteiger partial charge in [0.25, 0.3) is 0 Å². The van der Waals surface area contributed by atoms with E-state index < -0.39 is 18.7 Å². The van der Waals surface area contributed by atoms with Gasteiger partial charge in [0.15, 0.2) is 11.5 Å². The summed E-state index contributed by atoms with van der Waals surface area (Å²) >= 11 is 12.5. The van der Waals surface area contributed by atoms with E-state index in [9.17, 15) is 23.8 Å². The number of benzene rings is 3. The van der Waals surface area contributed by atoms with Gasteiger partial charge in [-0.1, -0.05) is 60.1 Å². The molecular weight excluding hydrogens is 603 g/mol. The van der Waals surface area contributed by atoms with Crippen LogP contribution in [0, 0.1) is 5.92 Å². The molecule has 228 valence electrons. The van der Waals surface area contributed by atoms with Gasteiger partial charge in [0.1, 0.15) is 23.2 Å². The largest absolute Gasteiger partial charge is 0.507 e. The molecule has 0 saturated heterocycles. The second-order valence-corrected chi connectivity index (χ2v) is 11.1. The average molecular weight is 635 g/mol. The van der Waals surface area contributed by atoms with E-state index in [1.807, 2.05) is 0 Å². The van der Waals surface area contributed by atoms with Crippen LogP contribution >= 0.6 is 23.2 Å². The highest BCUT2D eigenvalue weighted by Gasteiger charge is 2.27. The molecule has 3 aromatic carbocycles. The minimum atomic E-state index is -3.06. The van der Waals surface area contributed by atoms with Crippen molar-refractivity contribution in [2.45, 2.75) is 45.4 Å². The fourth-order valence-corrected chi connectivity index (χ4v) is 4.74. The van der Waals surface area contributed by atoms with Crippen LogP contribution in [0.2, 0.25) is 0 Å². The lowest BCUT2D eigenvalue weighted by atomic mass is 10.00. The number of allylic oxidation sites excluding steroid dienone is 2. The number of phenolic OH excluding ortho intramolecular Hbond substituents is 2. The van der Waals surface area contributed by atoms with Gasteiger partial charge in [-0.2, -0.15) is 8.78 Å². The lowest BCUT2D eigenvalue weighted by Gasteiger charge is -2.22. The number of carbonyl (C=O) groups excluding carboxylic acids is 1. The van der Waals surface area contributed by atoms with Crippen molar-refractivity contribution in [3.8, 4) is 23.0 Å². The standard InChI is InChI=1S/C32H31Cl2F2NO6/c1-18(33)24(19(2)34)15-28(21-12-13-27(43-32(35)36)29(14-21)41-17-20-10-11-20)42-31(40)23-7-5-6-22(30(23)39)16-37-25-8-3-4-9-26(25)38/h3-9,12-14,20,28,32,37-39H,1,10-11,15-17H2,2H3/b24-19+/t28-/m0/s1. The number of para-hydroxylation sites is 3. The molecule has 0 aromatic heterocycles. The number of nitrogens with one attached hydrogen (secondary N) is 1. The zero-order valence-corrected chi connectivity index (χ0v) is 24.8. The smallest absolute Gasteiger partial charge is 0.387 e. The zero-order valence-electron chi connectivity index (χ0n) is 23.3. The predicted molar refractivity (Wildman–Crippen MR) is 161 cm³/mol. The number of esters is 1. The summed E-state index contributed by atoms with van der Waals surface area (Å²) < 4.78 is 42.5. The van der Waals surface area contributed by atoms with E-state index in [1.54, 1.807) is 37.3 Å². The molecule has 4 rings (SSSR count). The lowest BCUT2D eigenvalue weighted by Crippen LogP contribution is -2.15. The molecule has 3 aromatic rings. The topological polar surface area (TPSA) is 97.3 Å². The van der Waals surface area contributed by atoms with Crippen LogP contribution in [0.3, 0.4) is 0 Å². The van der Waals surface area contributed by atoms with E-state index in [1.165, 1.54) is 30.3 Å². The third-order valence-electron chi connectivity index (χ3n) is 6.82. The quantitative estimate of drug-likeness (QED) is 0.0928. The lowest BCUT2D eigenvalue weighted by molar-refractivity contribution is -0.0515. The van der Waals surface area contributed by atoms with Crippen LogP contribution in [0.4, 0.5) is 14.5 Å². The number of aromatic hydroxyl groups is 2. The van der Waals surface area contributed by atoms with Crippen LogP contribution in [-0.4, -0.2) is 29.4 Å². The van der Waals surface area contributed by atoms with Gasteiger partial charge in [-0.25, -0.2) is 4.79 Å². The van der Waals surface area contributed by atoms with Gasteiger partial charge in [0.05, 0.1) is 12.3 Å². The predicted octanol–water partition coefficient (Wildman–Crippen LogP) is 8.65. The second kappa shape index (κ2) is 14.5. The van der Waals surface area contributed by atoms with Gasteiger partial charge in [-0.05, 0) is 67.2 Å². The van der Waals surface area contributed by atoms with Crippen LogP contribution in [0.1, 0.15) is 53.8 Å². The molecule has 0 unspecified atom stereocenters. The van der Waals surface area contributed by atoms with Gasteiger partial charge in [-0.3, -0.25) is 0 Å². The number of anilines is 1. The number of alkyl halides is 2. The van der Waals surface area contributed by atoms with Crippen molar-refractivity contribution >= 4 is 34.9 Å². The Morgan fingerprint density at radius 3 is 2.47 bits per heavy atom. The van der Waals surface area contributed by atoms with Crippen molar-refractivity contribution < 1.29 is 38.0 Å². The molecule has 0 radical (unpaired) electrons. The van der Waals surface area contributed by atoms with Crippen molar-refractivity contribution in [2.24, 2.45) is 5.92 Å². The molecule has 3 N–H and O–H groups in total. The summed E-state index contributed by atoms with van der Waals surface area (Å²) in [6.07, 6.45) is 0.932. The summed E-state index contributed by atoms with van der Waals surface area (Å²) in [7, 11) is 0. The van der Waals surface area contributed by atoms with Crippen molar-refractivity contribution in [3.05, 3.63) is 99.6 Å². The van der Waals surface area contributed by atoms with Crippen LogP contribution in [0.5, 0.6) is 23.0 Å². The van der Waals surface area contributed by atoms with E-state index >= 15 is 0 Å². The SMILES string of the molecule is C=C(Cl)/C(C[C@H](OC(=O)c1cccc(CNc2ccccc2O)c1O)c1ccc(OC(F)F)c(OCC2CC2)c1)=C(\C)Cl. The first-order chi connectivity index (χ1) is 20.5. The summed E-state index contributed by atoms with van der Waals surface area (Å²) in [5, 5.41) is 24.5. The Morgan fingerprint density at radius 2 is 1.81 bits per heavy atom. The minimum absolute atomic E-state index is 0.00415. The molecule has 7 nitrogen and oxygen atoms in total. The van der Waals surface area contributed by atoms with Crippen molar-refractivity contribution in [3.63, 3.8) is 0 Å². The Morgan fingerprint density at radius 1 is 1.07 bits per heavy atom. The second-order valence-electron chi connectivity index (χ2n) is 10.0. The highest BCUT2D eigenvalue weighted by atomic mass is 35.5. The van der Waals surface area contributed by atoms with Gasteiger partial charge in [0, 0.05) is 28.6 Å². The maximum Gasteiger partial charge on any atom is 0.387 e. The average Bonchev–Trinajstić information content (AvgIpc) is 3.79. The number of carbonyl (C=O) groups is 1. The Hall–Kier alpha value is -3.95. The van der Waals surface area contributed by atoms with Crippen molar-refractivity contribution in [2.75, 3.05) is 11.9 Å². The van der Waals surface area contributed by atoms with Gasteiger partial charge < -0.3 is 29.7 Å². The molecule has 0 heterocycles. The highest BCUT2D eigenvalue weighted by Crippen LogP contribution is 2.39. The number of ether oxygens (including phenoxy) is 3. The number of hydrogen-bond donors (Lipinski definition) is 3. The summed E-state index contributed by atoms with van der Waals surface area (Å²) in [4.78, 5) is 13.5. The third-order valence-corrected chi connectivity index (χ3v) is 7.28. The molecule has 1 saturated carbocycles. The third kappa shape index (κ3) is 8.78. The van der Waals surface area contributed by atoms with E-state index in [4.69, 9.17) is 32.7 Å². The van der Waals surface area contributed by atoms with Gasteiger partial charge in [-0.15, -0.1) is 0 Å². The first kappa shape index (κ1) is 32.0.